The molecule has 1 aliphatic heterocycles. The molecule has 0 amide bonds. The molecule has 0 aromatic rings. The molecule has 0 aromatic carbocycles. The Balaban J connectivity index is 2.20. The lowest BCUT2D eigenvalue weighted by molar-refractivity contribution is 0.253. The molecule has 2 heteroatoms. The molecular weight excluding hydrogens is 108 g/mol. The Labute approximate surface area is 47.7 Å². The molecule has 0 saturated heterocycles. The van der Waals surface area contributed by atoms with Gasteiger partial charge in [0.25, 0.3) is 0 Å². The van der Waals surface area contributed by atoms with Crippen LogP contribution in [-0.4, -0.2) is 12.4 Å². The predicted octanol–water partition coefficient (Wildman–Crippen LogP) is 1.61. The molecule has 0 atom stereocenters. The van der Waals surface area contributed by atoms with Crippen LogP contribution in [-0.2, 0) is 4.74 Å². The summed E-state index contributed by atoms with van der Waals surface area (Å²) in [7, 11) is 0. The molecule has 0 aromatic heterocycles. The molecule has 0 aliphatic carbocycles. The quantitative estimate of drug-likeness (QED) is 0.475. The van der Waals surface area contributed by atoms with Crippen LogP contribution in [0.1, 0.15) is 6.42 Å². The largest absolute Gasteiger partial charge is 0.501 e. The van der Waals surface area contributed by atoms with Crippen molar-refractivity contribution in [3.05, 3.63) is 11.7 Å². The van der Waals surface area contributed by atoms with Crippen molar-refractivity contribution >= 4 is 11.8 Å². The SMILES string of the molecule is C1=CSCCCO1. The Bertz CT molecular complexity index is 62.5. The summed E-state index contributed by atoms with van der Waals surface area (Å²) in [6.45, 7) is 0.892. The Morgan fingerprint density at radius 3 is 3.57 bits per heavy atom. The fourth-order valence-corrected chi connectivity index (χ4v) is 1.02. The van der Waals surface area contributed by atoms with E-state index in [0.717, 1.165) is 6.61 Å². The van der Waals surface area contributed by atoms with Crippen molar-refractivity contribution in [1.29, 1.82) is 0 Å². The van der Waals surface area contributed by atoms with E-state index < -0.39 is 0 Å². The van der Waals surface area contributed by atoms with Crippen LogP contribution in [0.5, 0.6) is 0 Å². The van der Waals surface area contributed by atoms with Gasteiger partial charge in [0.2, 0.25) is 0 Å². The molecule has 0 saturated carbocycles. The van der Waals surface area contributed by atoms with Gasteiger partial charge in [0.05, 0.1) is 12.9 Å². The van der Waals surface area contributed by atoms with Crippen molar-refractivity contribution < 1.29 is 4.74 Å². The smallest absolute Gasteiger partial charge is 0.0891 e. The van der Waals surface area contributed by atoms with Crippen LogP contribution in [0, 0.1) is 0 Å². The van der Waals surface area contributed by atoms with Gasteiger partial charge < -0.3 is 4.74 Å². The van der Waals surface area contributed by atoms with E-state index in [9.17, 15) is 0 Å². The molecule has 1 aliphatic rings. The highest BCUT2D eigenvalue weighted by Gasteiger charge is 1.88. The summed E-state index contributed by atoms with van der Waals surface area (Å²) in [4.78, 5) is 0. The zero-order chi connectivity index (χ0) is 4.95. The normalized spacial score (nSPS) is 20.6. The summed E-state index contributed by atoms with van der Waals surface area (Å²) in [6, 6.07) is 0. The zero-order valence-electron chi connectivity index (χ0n) is 4.09. The highest BCUT2D eigenvalue weighted by Crippen LogP contribution is 2.07. The van der Waals surface area contributed by atoms with Gasteiger partial charge in [-0.05, 0) is 6.42 Å². The molecule has 0 unspecified atom stereocenters. The number of ether oxygens (including phenoxy) is 1. The highest BCUT2D eigenvalue weighted by atomic mass is 32.2. The molecule has 1 heterocycles. The Hall–Kier alpha value is -0.110. The minimum absolute atomic E-state index is 0.892. The van der Waals surface area contributed by atoms with Crippen molar-refractivity contribution in [3.8, 4) is 0 Å². The summed E-state index contributed by atoms with van der Waals surface area (Å²) in [5.74, 6) is 1.20. The van der Waals surface area contributed by atoms with Crippen molar-refractivity contribution in [3.63, 3.8) is 0 Å². The Kier molecular flexibility index (Phi) is 2.13. The van der Waals surface area contributed by atoms with E-state index in [1.54, 1.807) is 6.26 Å². The molecule has 0 radical (unpaired) electrons. The monoisotopic (exact) mass is 116 g/mol. The summed E-state index contributed by atoms with van der Waals surface area (Å²) < 4.78 is 4.99. The van der Waals surface area contributed by atoms with Gasteiger partial charge in [-0.25, -0.2) is 0 Å². The third-order valence-electron chi connectivity index (χ3n) is 0.772. The molecule has 40 valence electrons. The van der Waals surface area contributed by atoms with Gasteiger partial charge in [-0.15, -0.1) is 11.8 Å². The van der Waals surface area contributed by atoms with Crippen LogP contribution >= 0.6 is 11.8 Å². The maximum absolute atomic E-state index is 4.99. The summed E-state index contributed by atoms with van der Waals surface area (Å²) in [5.41, 5.74) is 0. The molecule has 1 rings (SSSR count). The minimum atomic E-state index is 0.892. The van der Waals surface area contributed by atoms with Gasteiger partial charge in [0.15, 0.2) is 0 Å². The second-order valence-corrected chi connectivity index (χ2v) is 2.38. The maximum atomic E-state index is 4.99. The van der Waals surface area contributed by atoms with Crippen LogP contribution in [0.3, 0.4) is 0 Å². The average Bonchev–Trinajstić information content (AvgIpc) is 1.90. The molecule has 0 bridgehead atoms. The van der Waals surface area contributed by atoms with Gasteiger partial charge in [-0.3, -0.25) is 0 Å². The summed E-state index contributed by atoms with van der Waals surface area (Å²) in [5, 5.41) is 1.99. The van der Waals surface area contributed by atoms with Crippen LogP contribution in [0.4, 0.5) is 0 Å². The van der Waals surface area contributed by atoms with E-state index in [1.807, 2.05) is 17.2 Å². The van der Waals surface area contributed by atoms with E-state index >= 15 is 0 Å². The van der Waals surface area contributed by atoms with Crippen LogP contribution in [0.2, 0.25) is 0 Å². The van der Waals surface area contributed by atoms with Gasteiger partial charge in [-0.1, -0.05) is 0 Å². The predicted molar refractivity (Wildman–Crippen MR) is 32.2 cm³/mol. The molecule has 7 heavy (non-hydrogen) atoms. The topological polar surface area (TPSA) is 9.23 Å². The number of rotatable bonds is 0. The highest BCUT2D eigenvalue weighted by molar-refractivity contribution is 8.02. The van der Waals surface area contributed by atoms with E-state index in [1.165, 1.54) is 12.2 Å². The Morgan fingerprint density at radius 1 is 1.57 bits per heavy atom. The lowest BCUT2D eigenvalue weighted by Crippen LogP contribution is -1.84. The van der Waals surface area contributed by atoms with Gasteiger partial charge in [0.1, 0.15) is 0 Å². The first-order chi connectivity index (χ1) is 3.50. The molecular formula is C5H8OS. The van der Waals surface area contributed by atoms with Crippen molar-refractivity contribution in [2.24, 2.45) is 0 Å². The number of hydrogen-bond acceptors (Lipinski definition) is 2. The lowest BCUT2D eigenvalue weighted by Gasteiger charge is -1.90. The van der Waals surface area contributed by atoms with Crippen molar-refractivity contribution in [1.82, 2.24) is 0 Å². The van der Waals surface area contributed by atoms with E-state index in [-0.39, 0.29) is 0 Å². The lowest BCUT2D eigenvalue weighted by atomic mass is 10.5. The second-order valence-electron chi connectivity index (χ2n) is 1.37. The van der Waals surface area contributed by atoms with E-state index in [0.29, 0.717) is 0 Å². The van der Waals surface area contributed by atoms with Crippen molar-refractivity contribution in [2.45, 2.75) is 6.42 Å². The fraction of sp³-hybridized carbons (Fsp3) is 0.600. The number of thioether (sulfide) groups is 1. The third-order valence-corrected chi connectivity index (χ3v) is 1.60. The molecule has 0 fully saturated rings. The maximum Gasteiger partial charge on any atom is 0.0891 e. The van der Waals surface area contributed by atoms with Crippen LogP contribution in [0.25, 0.3) is 0 Å². The van der Waals surface area contributed by atoms with Crippen LogP contribution in [0.15, 0.2) is 11.7 Å². The van der Waals surface area contributed by atoms with Gasteiger partial charge in [0, 0.05) is 11.2 Å². The van der Waals surface area contributed by atoms with E-state index in [2.05, 4.69) is 0 Å². The average molecular weight is 116 g/mol. The van der Waals surface area contributed by atoms with Gasteiger partial charge in [-0.2, -0.15) is 0 Å². The molecule has 0 N–H and O–H groups in total. The fourth-order valence-electron chi connectivity index (χ4n) is 0.440. The first kappa shape index (κ1) is 5.04. The molecule has 1 nitrogen and oxygen atoms in total. The Morgan fingerprint density at radius 2 is 2.57 bits per heavy atom. The molecule has 0 spiro atoms. The number of hydrogen-bond donors (Lipinski definition) is 0. The first-order valence-electron chi connectivity index (χ1n) is 2.38. The third kappa shape index (κ3) is 1.88. The zero-order valence-corrected chi connectivity index (χ0v) is 4.91. The van der Waals surface area contributed by atoms with E-state index in [4.69, 9.17) is 4.74 Å². The second kappa shape index (κ2) is 2.97. The van der Waals surface area contributed by atoms with Gasteiger partial charge >= 0.3 is 0 Å². The summed E-state index contributed by atoms with van der Waals surface area (Å²) in [6.07, 6.45) is 2.94. The van der Waals surface area contributed by atoms with Crippen molar-refractivity contribution in [2.75, 3.05) is 12.4 Å². The van der Waals surface area contributed by atoms with Crippen LogP contribution < -0.4 is 0 Å². The standard InChI is InChI=1S/C5H8OS/c1-2-6-3-5-7-4-1/h3,5H,1-2,4H2. The summed E-state index contributed by atoms with van der Waals surface area (Å²) >= 11 is 1.81. The minimum Gasteiger partial charge on any atom is -0.501 e. The first-order valence-corrected chi connectivity index (χ1v) is 3.43.